The van der Waals surface area contributed by atoms with E-state index in [1.54, 1.807) is 13.2 Å². The van der Waals surface area contributed by atoms with Crippen molar-refractivity contribution in [1.82, 2.24) is 24.6 Å². The highest BCUT2D eigenvalue weighted by Crippen LogP contribution is 1.90. The molecule has 2 heterocycles. The summed E-state index contributed by atoms with van der Waals surface area (Å²) in [7, 11) is 3.08. The summed E-state index contributed by atoms with van der Waals surface area (Å²) >= 11 is 0. The lowest BCUT2D eigenvalue weighted by molar-refractivity contribution is 0.409. The Morgan fingerprint density at radius 2 is 2.16 bits per heavy atom. The highest BCUT2D eigenvalue weighted by molar-refractivity contribution is 5.05. The van der Waals surface area contributed by atoms with E-state index in [4.69, 9.17) is 0 Å². The van der Waals surface area contributed by atoms with Crippen LogP contribution in [0.2, 0.25) is 0 Å². The number of aromatic nitrogens is 4. The lowest BCUT2D eigenvalue weighted by Crippen LogP contribution is -2.39. The summed E-state index contributed by atoms with van der Waals surface area (Å²) in [6.07, 6.45) is 3.44. The second-order valence-electron chi connectivity index (χ2n) is 4.19. The van der Waals surface area contributed by atoms with Gasteiger partial charge in [0.1, 0.15) is 0 Å². The van der Waals surface area contributed by atoms with Crippen molar-refractivity contribution in [3.8, 4) is 0 Å². The highest BCUT2D eigenvalue weighted by atomic mass is 16.5. The zero-order valence-corrected chi connectivity index (χ0v) is 10.8. The third-order valence-electron chi connectivity index (χ3n) is 2.77. The summed E-state index contributed by atoms with van der Waals surface area (Å²) in [4.78, 5) is 27.2. The Bertz CT molecular complexity index is 656. The molecular formula is C11H15N5O3. The fourth-order valence-electron chi connectivity index (χ4n) is 1.73. The topological polar surface area (TPSA) is 94.9 Å². The molecule has 0 saturated heterocycles. The molecule has 0 aliphatic carbocycles. The van der Waals surface area contributed by atoms with Gasteiger partial charge in [-0.3, -0.25) is 9.36 Å². The van der Waals surface area contributed by atoms with Gasteiger partial charge in [0.15, 0.2) is 5.82 Å². The highest BCUT2D eigenvalue weighted by Gasteiger charge is 2.06. The van der Waals surface area contributed by atoms with Gasteiger partial charge in [-0.2, -0.15) is 4.98 Å². The SMILES string of the molecule is Cn1cc(CNCCc2ncon2)c(=O)n(C)c1=O. The van der Waals surface area contributed by atoms with E-state index < -0.39 is 0 Å². The molecule has 8 nitrogen and oxygen atoms in total. The van der Waals surface area contributed by atoms with E-state index in [1.807, 2.05) is 0 Å². The summed E-state index contributed by atoms with van der Waals surface area (Å²) in [5, 5.41) is 6.79. The van der Waals surface area contributed by atoms with Crippen LogP contribution in [0.4, 0.5) is 0 Å². The van der Waals surface area contributed by atoms with Gasteiger partial charge >= 0.3 is 5.69 Å². The molecule has 2 aromatic heterocycles. The van der Waals surface area contributed by atoms with Gasteiger partial charge in [-0.05, 0) is 0 Å². The molecule has 0 saturated carbocycles. The Balaban J connectivity index is 1.97. The van der Waals surface area contributed by atoms with Gasteiger partial charge in [-0.1, -0.05) is 5.16 Å². The molecule has 0 aliphatic heterocycles. The van der Waals surface area contributed by atoms with Crippen molar-refractivity contribution in [2.24, 2.45) is 14.1 Å². The maximum Gasteiger partial charge on any atom is 0.330 e. The normalized spacial score (nSPS) is 10.8. The van der Waals surface area contributed by atoms with Crippen LogP contribution in [0.15, 0.2) is 26.7 Å². The van der Waals surface area contributed by atoms with Gasteiger partial charge in [0.25, 0.3) is 5.56 Å². The van der Waals surface area contributed by atoms with Crippen LogP contribution < -0.4 is 16.6 Å². The van der Waals surface area contributed by atoms with Crippen LogP contribution in [-0.2, 0) is 27.1 Å². The third-order valence-corrected chi connectivity index (χ3v) is 2.77. The van der Waals surface area contributed by atoms with Crippen LogP contribution in [0.25, 0.3) is 0 Å². The first-order valence-electron chi connectivity index (χ1n) is 5.81. The van der Waals surface area contributed by atoms with E-state index in [1.165, 1.54) is 18.0 Å². The van der Waals surface area contributed by atoms with Crippen LogP contribution >= 0.6 is 0 Å². The van der Waals surface area contributed by atoms with Crippen LogP contribution in [0.3, 0.4) is 0 Å². The number of hydrogen-bond acceptors (Lipinski definition) is 6. The number of aryl methyl sites for hydroxylation is 1. The van der Waals surface area contributed by atoms with Gasteiger partial charge in [0.05, 0.1) is 0 Å². The fourth-order valence-corrected chi connectivity index (χ4v) is 1.73. The molecule has 0 unspecified atom stereocenters. The molecule has 0 aromatic carbocycles. The van der Waals surface area contributed by atoms with Crippen LogP contribution in [-0.4, -0.2) is 25.8 Å². The van der Waals surface area contributed by atoms with Crippen molar-refractivity contribution >= 4 is 0 Å². The Kier molecular flexibility index (Phi) is 3.91. The average Bonchev–Trinajstić information content (AvgIpc) is 2.91. The zero-order valence-electron chi connectivity index (χ0n) is 10.8. The number of rotatable bonds is 5. The zero-order chi connectivity index (χ0) is 13.8. The van der Waals surface area contributed by atoms with Crippen molar-refractivity contribution in [2.75, 3.05) is 6.54 Å². The molecule has 0 radical (unpaired) electrons. The first kappa shape index (κ1) is 13.2. The van der Waals surface area contributed by atoms with Gasteiger partial charge in [0, 0.05) is 45.4 Å². The summed E-state index contributed by atoms with van der Waals surface area (Å²) < 4.78 is 7.09. The van der Waals surface area contributed by atoms with Crippen molar-refractivity contribution < 1.29 is 4.52 Å². The smallest absolute Gasteiger partial charge is 0.330 e. The maximum absolute atomic E-state index is 11.8. The largest absolute Gasteiger partial charge is 0.343 e. The molecule has 0 bridgehead atoms. The molecule has 0 spiro atoms. The minimum atomic E-state index is -0.333. The van der Waals surface area contributed by atoms with Crippen molar-refractivity contribution in [2.45, 2.75) is 13.0 Å². The lowest BCUT2D eigenvalue weighted by Gasteiger charge is -2.07. The van der Waals surface area contributed by atoms with E-state index in [0.29, 0.717) is 30.9 Å². The van der Waals surface area contributed by atoms with Gasteiger partial charge in [0.2, 0.25) is 6.39 Å². The van der Waals surface area contributed by atoms with E-state index in [2.05, 4.69) is 20.0 Å². The summed E-state index contributed by atoms with van der Waals surface area (Å²) in [5.41, 5.74) is -0.0755. The molecule has 2 rings (SSSR count). The van der Waals surface area contributed by atoms with Gasteiger partial charge in [-0.15, -0.1) is 0 Å². The Morgan fingerprint density at radius 3 is 2.84 bits per heavy atom. The molecular weight excluding hydrogens is 250 g/mol. The first-order chi connectivity index (χ1) is 9.09. The van der Waals surface area contributed by atoms with Crippen molar-refractivity contribution in [3.63, 3.8) is 0 Å². The summed E-state index contributed by atoms with van der Waals surface area (Å²) in [6, 6.07) is 0. The Hall–Kier alpha value is -2.22. The number of nitrogens with one attached hydrogen (secondary N) is 1. The minimum Gasteiger partial charge on any atom is -0.343 e. The van der Waals surface area contributed by atoms with Crippen LogP contribution in [0.1, 0.15) is 11.4 Å². The van der Waals surface area contributed by atoms with Gasteiger partial charge < -0.3 is 14.4 Å². The van der Waals surface area contributed by atoms with Crippen LogP contribution in [0.5, 0.6) is 0 Å². The standard InChI is InChI=1S/C11H15N5O3/c1-15-6-8(10(17)16(2)11(15)18)5-12-4-3-9-13-7-19-14-9/h6-7,12H,3-5H2,1-2H3. The second-order valence-corrected chi connectivity index (χ2v) is 4.19. The van der Waals surface area contributed by atoms with Crippen molar-refractivity contribution in [1.29, 1.82) is 0 Å². The fraction of sp³-hybridized carbons (Fsp3) is 0.455. The second kappa shape index (κ2) is 5.61. The summed E-state index contributed by atoms with van der Waals surface area (Å²) in [5.74, 6) is 0.612. The number of hydrogen-bond donors (Lipinski definition) is 1. The molecule has 0 atom stereocenters. The predicted octanol–water partition coefficient (Wildman–Crippen LogP) is -1.20. The molecule has 0 amide bonds. The molecule has 19 heavy (non-hydrogen) atoms. The van der Waals surface area contributed by atoms with Crippen molar-refractivity contribution in [3.05, 3.63) is 44.8 Å². The van der Waals surface area contributed by atoms with E-state index >= 15 is 0 Å². The lowest BCUT2D eigenvalue weighted by atomic mass is 10.3. The number of nitrogens with zero attached hydrogens (tertiary/aromatic N) is 4. The first-order valence-corrected chi connectivity index (χ1v) is 5.81. The molecule has 0 aliphatic rings. The van der Waals surface area contributed by atoms with E-state index in [-0.39, 0.29) is 11.2 Å². The van der Waals surface area contributed by atoms with E-state index in [9.17, 15) is 9.59 Å². The van der Waals surface area contributed by atoms with Gasteiger partial charge in [-0.25, -0.2) is 4.79 Å². The predicted molar refractivity (Wildman–Crippen MR) is 66.6 cm³/mol. The maximum atomic E-state index is 11.8. The average molecular weight is 265 g/mol. The minimum absolute atomic E-state index is 0.282. The third kappa shape index (κ3) is 2.97. The Labute approximate surface area is 108 Å². The quantitative estimate of drug-likeness (QED) is 0.682. The Morgan fingerprint density at radius 1 is 1.37 bits per heavy atom. The molecule has 102 valence electrons. The molecule has 0 fully saturated rings. The monoisotopic (exact) mass is 265 g/mol. The summed E-state index contributed by atoms with van der Waals surface area (Å²) in [6.45, 7) is 1.00. The molecule has 2 aromatic rings. The molecule has 8 heteroatoms. The molecule has 1 N–H and O–H groups in total. The van der Waals surface area contributed by atoms with Crippen LogP contribution in [0, 0.1) is 0 Å². The van der Waals surface area contributed by atoms with E-state index in [0.717, 1.165) is 4.57 Å².